The van der Waals surface area contributed by atoms with Crippen LogP contribution in [0.3, 0.4) is 0 Å². The van der Waals surface area contributed by atoms with Gasteiger partial charge in [0.15, 0.2) is 17.5 Å². The fourth-order valence-corrected chi connectivity index (χ4v) is 10.3. The first-order chi connectivity index (χ1) is 31.1. The van der Waals surface area contributed by atoms with Gasteiger partial charge in [0, 0.05) is 32.9 Å². The van der Waals surface area contributed by atoms with Crippen molar-refractivity contribution in [1.29, 1.82) is 5.26 Å². The van der Waals surface area contributed by atoms with Crippen molar-refractivity contribution in [2.75, 3.05) is 0 Å². The van der Waals surface area contributed by atoms with Gasteiger partial charge < -0.3 is 4.42 Å². The number of rotatable bonds is 6. The Hall–Kier alpha value is -7.94. The fourth-order valence-electron chi connectivity index (χ4n) is 10.3. The monoisotopic (exact) mass is 808 g/mol. The molecular formula is C58H40N4O. The van der Waals surface area contributed by atoms with Gasteiger partial charge in [0.2, 0.25) is 0 Å². The van der Waals surface area contributed by atoms with Crippen LogP contribution in [0.1, 0.15) is 48.8 Å². The van der Waals surface area contributed by atoms with Crippen molar-refractivity contribution in [2.45, 2.75) is 37.5 Å². The second-order valence-electron chi connectivity index (χ2n) is 17.0. The second kappa shape index (κ2) is 14.9. The molecule has 1 saturated carbocycles. The number of fused-ring (bicyclic) bond motifs is 8. The van der Waals surface area contributed by atoms with E-state index in [-0.39, 0.29) is 5.41 Å². The first-order valence-electron chi connectivity index (χ1n) is 21.9. The Morgan fingerprint density at radius 1 is 0.413 bits per heavy atom. The maximum absolute atomic E-state index is 9.88. The van der Waals surface area contributed by atoms with E-state index in [0.717, 1.165) is 79.3 Å². The van der Waals surface area contributed by atoms with Crippen molar-refractivity contribution in [3.8, 4) is 84.7 Å². The molecule has 63 heavy (non-hydrogen) atoms. The summed E-state index contributed by atoms with van der Waals surface area (Å²) >= 11 is 0. The molecule has 0 bridgehead atoms. The average Bonchev–Trinajstić information content (AvgIpc) is 3.86. The Morgan fingerprint density at radius 2 is 1.00 bits per heavy atom. The van der Waals surface area contributed by atoms with E-state index in [0.29, 0.717) is 17.5 Å². The van der Waals surface area contributed by atoms with Crippen LogP contribution in [0.25, 0.3) is 101 Å². The number of nitriles is 1. The van der Waals surface area contributed by atoms with Gasteiger partial charge in [0.1, 0.15) is 11.2 Å². The Labute approximate surface area is 366 Å². The third kappa shape index (κ3) is 6.25. The Morgan fingerprint density at radius 3 is 1.75 bits per heavy atom. The number of hydrogen-bond donors (Lipinski definition) is 0. The van der Waals surface area contributed by atoms with Crippen LogP contribution in [-0.4, -0.2) is 15.0 Å². The Bertz CT molecular complexity index is 3430. The molecule has 0 N–H and O–H groups in total. The number of furan rings is 1. The molecule has 2 aliphatic carbocycles. The zero-order valence-corrected chi connectivity index (χ0v) is 34.6. The summed E-state index contributed by atoms with van der Waals surface area (Å²) in [6.07, 6.45) is 5.93. The lowest BCUT2D eigenvalue weighted by atomic mass is 9.67. The van der Waals surface area contributed by atoms with Crippen molar-refractivity contribution >= 4 is 21.9 Å². The van der Waals surface area contributed by atoms with Gasteiger partial charge in [-0.05, 0) is 105 Å². The molecule has 2 heterocycles. The lowest BCUT2D eigenvalue weighted by molar-refractivity contribution is 0.353. The molecule has 5 heteroatoms. The summed E-state index contributed by atoms with van der Waals surface area (Å²) in [5, 5.41) is 12.0. The molecule has 0 radical (unpaired) electrons. The van der Waals surface area contributed by atoms with Gasteiger partial charge >= 0.3 is 0 Å². The Kier molecular flexibility index (Phi) is 8.72. The number of para-hydroxylation sites is 1. The van der Waals surface area contributed by atoms with E-state index in [4.69, 9.17) is 19.4 Å². The van der Waals surface area contributed by atoms with E-state index in [2.05, 4.69) is 152 Å². The molecule has 298 valence electrons. The molecule has 1 fully saturated rings. The molecule has 2 aromatic heterocycles. The fraction of sp³-hybridized carbons (Fsp3) is 0.103. The van der Waals surface area contributed by atoms with E-state index in [1.165, 1.54) is 52.6 Å². The van der Waals surface area contributed by atoms with Gasteiger partial charge in [-0.15, -0.1) is 0 Å². The summed E-state index contributed by atoms with van der Waals surface area (Å²) in [7, 11) is 0. The second-order valence-corrected chi connectivity index (χ2v) is 17.0. The standard InChI is InChI=1S/C58H40N4O/c59-36-37-19-29-49-51(33-37)58(31-7-2-8-32-58)50-17-10-16-46(54(49)50)44-14-9-13-43(34-44)40-22-26-42(27-23-40)56-60-55(41-24-20-39(21-25-41)38-11-3-1-4-12-38)61-57(62-56)45-28-30-48-47-15-5-6-18-52(47)63-53(48)35-45/h1,3-6,9-30,33-35H,2,7-8,31-32H2. The molecule has 0 atom stereocenters. The van der Waals surface area contributed by atoms with E-state index >= 15 is 0 Å². The quantitative estimate of drug-likeness (QED) is 0.167. The third-order valence-corrected chi connectivity index (χ3v) is 13.4. The SMILES string of the molecule is N#Cc1ccc2c(c1)C1(CCCCC1)c1cccc(-c3cccc(-c4ccc(-c5nc(-c6ccc(-c7ccccc7)cc6)nc(-c6ccc7c(c6)oc6ccccc67)n5)cc4)c3)c1-2. The van der Waals surface area contributed by atoms with Gasteiger partial charge in [0.25, 0.3) is 0 Å². The lowest BCUT2D eigenvalue weighted by Crippen LogP contribution is -2.28. The van der Waals surface area contributed by atoms with Crippen LogP contribution in [0, 0.1) is 11.3 Å². The normalized spacial score (nSPS) is 13.8. The third-order valence-electron chi connectivity index (χ3n) is 13.4. The first-order valence-corrected chi connectivity index (χ1v) is 21.9. The largest absolute Gasteiger partial charge is 0.456 e. The van der Waals surface area contributed by atoms with Crippen LogP contribution < -0.4 is 0 Å². The van der Waals surface area contributed by atoms with Crippen molar-refractivity contribution in [1.82, 2.24) is 15.0 Å². The highest BCUT2D eigenvalue weighted by Crippen LogP contribution is 2.58. The molecule has 8 aromatic carbocycles. The van der Waals surface area contributed by atoms with Crippen LogP contribution in [0.4, 0.5) is 0 Å². The molecule has 0 aliphatic heterocycles. The number of hydrogen-bond acceptors (Lipinski definition) is 5. The molecule has 2 aliphatic rings. The first kappa shape index (κ1) is 36.9. The number of aromatic nitrogens is 3. The zero-order chi connectivity index (χ0) is 41.9. The van der Waals surface area contributed by atoms with Crippen LogP contribution >= 0.6 is 0 Å². The molecule has 0 amide bonds. The van der Waals surface area contributed by atoms with E-state index in [9.17, 15) is 5.26 Å². The predicted molar refractivity (Wildman–Crippen MR) is 254 cm³/mol. The van der Waals surface area contributed by atoms with Gasteiger partial charge in [-0.2, -0.15) is 5.26 Å². The molecular weight excluding hydrogens is 769 g/mol. The highest BCUT2D eigenvalue weighted by molar-refractivity contribution is 6.05. The van der Waals surface area contributed by atoms with Crippen LogP contribution in [-0.2, 0) is 5.41 Å². The topological polar surface area (TPSA) is 75.6 Å². The van der Waals surface area contributed by atoms with Crippen LogP contribution in [0.2, 0.25) is 0 Å². The summed E-state index contributed by atoms with van der Waals surface area (Å²) in [4.78, 5) is 15.3. The van der Waals surface area contributed by atoms with Crippen molar-refractivity contribution < 1.29 is 4.42 Å². The van der Waals surface area contributed by atoms with Crippen molar-refractivity contribution in [3.05, 3.63) is 199 Å². The van der Waals surface area contributed by atoms with Crippen molar-refractivity contribution in [2.24, 2.45) is 0 Å². The smallest absolute Gasteiger partial charge is 0.164 e. The van der Waals surface area contributed by atoms with Gasteiger partial charge in [-0.25, -0.2) is 15.0 Å². The highest BCUT2D eigenvalue weighted by Gasteiger charge is 2.44. The molecule has 12 rings (SSSR count). The molecule has 0 saturated heterocycles. The highest BCUT2D eigenvalue weighted by atomic mass is 16.3. The number of benzene rings is 8. The molecule has 5 nitrogen and oxygen atoms in total. The van der Waals surface area contributed by atoms with Crippen LogP contribution in [0.15, 0.2) is 186 Å². The maximum Gasteiger partial charge on any atom is 0.164 e. The number of nitrogens with zero attached hydrogens (tertiary/aromatic N) is 4. The van der Waals surface area contributed by atoms with Gasteiger partial charge in [-0.3, -0.25) is 0 Å². The van der Waals surface area contributed by atoms with Gasteiger partial charge in [-0.1, -0.05) is 165 Å². The minimum absolute atomic E-state index is 0.0280. The summed E-state index contributed by atoms with van der Waals surface area (Å²) in [6, 6.07) is 66.2. The average molecular weight is 809 g/mol. The summed E-state index contributed by atoms with van der Waals surface area (Å²) < 4.78 is 6.28. The molecule has 10 aromatic rings. The summed E-state index contributed by atoms with van der Waals surface area (Å²) in [6.45, 7) is 0. The zero-order valence-electron chi connectivity index (χ0n) is 34.6. The molecule has 1 spiro atoms. The van der Waals surface area contributed by atoms with E-state index in [1.54, 1.807) is 0 Å². The predicted octanol–water partition coefficient (Wildman–Crippen LogP) is 14.9. The lowest BCUT2D eigenvalue weighted by Gasteiger charge is -2.36. The van der Waals surface area contributed by atoms with Gasteiger partial charge in [0.05, 0.1) is 11.6 Å². The van der Waals surface area contributed by atoms with E-state index in [1.807, 2.05) is 36.4 Å². The maximum atomic E-state index is 9.88. The Balaban J connectivity index is 0.919. The molecule has 0 unspecified atom stereocenters. The summed E-state index contributed by atoms with van der Waals surface area (Å²) in [5.41, 5.74) is 17.3. The summed E-state index contributed by atoms with van der Waals surface area (Å²) in [5.74, 6) is 1.78. The van der Waals surface area contributed by atoms with E-state index < -0.39 is 0 Å². The van der Waals surface area contributed by atoms with Crippen LogP contribution in [0.5, 0.6) is 0 Å². The minimum Gasteiger partial charge on any atom is -0.456 e. The minimum atomic E-state index is -0.0280. The van der Waals surface area contributed by atoms with Crippen molar-refractivity contribution in [3.63, 3.8) is 0 Å².